The molecule has 0 amide bonds. The first-order valence-corrected chi connectivity index (χ1v) is 19.7. The molecule has 0 fully saturated rings. The summed E-state index contributed by atoms with van der Waals surface area (Å²) in [6, 6.07) is 77.3. The smallest absolute Gasteiger partial charge is 0.146 e. The van der Waals surface area contributed by atoms with E-state index in [4.69, 9.17) is 9.40 Å². The molecule has 0 unspecified atom stereocenters. The molecule has 0 saturated carbocycles. The second-order valence-corrected chi connectivity index (χ2v) is 14.7. The number of imidazole rings is 1. The first kappa shape index (κ1) is 33.6. The molecule has 9 aromatic carbocycles. The number of fused-ring (bicyclic) bond motifs is 4. The van der Waals surface area contributed by atoms with Crippen molar-refractivity contribution in [2.75, 3.05) is 0 Å². The van der Waals surface area contributed by atoms with Crippen molar-refractivity contribution < 1.29 is 4.42 Å². The van der Waals surface area contributed by atoms with E-state index in [1.807, 2.05) is 0 Å². The van der Waals surface area contributed by atoms with Crippen LogP contribution in [0.1, 0.15) is 0 Å². The first-order chi connectivity index (χ1) is 28.8. The predicted molar refractivity (Wildman–Crippen MR) is 241 cm³/mol. The Hall–Kier alpha value is -7.75. The van der Waals surface area contributed by atoms with Crippen LogP contribution in [0.15, 0.2) is 223 Å². The highest BCUT2D eigenvalue weighted by Gasteiger charge is 2.23. The van der Waals surface area contributed by atoms with Crippen molar-refractivity contribution in [2.45, 2.75) is 0 Å². The van der Waals surface area contributed by atoms with E-state index in [9.17, 15) is 0 Å². The maximum Gasteiger partial charge on any atom is 0.146 e. The Morgan fingerprint density at radius 2 is 0.845 bits per heavy atom. The molecule has 0 N–H and O–H groups in total. The van der Waals surface area contributed by atoms with Crippen molar-refractivity contribution >= 4 is 33.0 Å². The fourth-order valence-electron chi connectivity index (χ4n) is 8.44. The lowest BCUT2D eigenvalue weighted by atomic mass is 9.94. The predicted octanol–water partition coefficient (Wildman–Crippen LogP) is 14.9. The highest BCUT2D eigenvalue weighted by Crippen LogP contribution is 2.45. The normalized spacial score (nSPS) is 11.4. The summed E-state index contributed by atoms with van der Waals surface area (Å²) in [5, 5.41) is 2.09. The van der Waals surface area contributed by atoms with Crippen molar-refractivity contribution in [1.29, 1.82) is 0 Å². The van der Waals surface area contributed by atoms with Crippen LogP contribution in [0, 0.1) is 0 Å². The summed E-state index contributed by atoms with van der Waals surface area (Å²) in [6.07, 6.45) is 0. The molecule has 3 heteroatoms. The van der Waals surface area contributed by atoms with E-state index in [0.717, 1.165) is 77.9 Å². The minimum atomic E-state index is 0.843. The number of benzene rings is 9. The molecular formula is C55H36N2O. The standard InChI is InChI=1S/C55H36N2O/c1-4-15-37(16-5-1)39-29-31-45(32-30-39)57-51-28-11-10-27-50(51)56-55(57)49-34-33-47(40-19-8-3-9-20-40)54-52(49)48-26-14-25-46(53(48)58-54)44-24-13-23-43(36-44)42-22-12-21-41(35-42)38-17-6-2-7-18-38/h1-36H. The molecule has 0 bridgehead atoms. The van der Waals surface area contributed by atoms with Crippen LogP contribution < -0.4 is 0 Å². The van der Waals surface area contributed by atoms with Gasteiger partial charge in [-0.15, -0.1) is 0 Å². The number of hydrogen-bond donors (Lipinski definition) is 0. The fraction of sp³-hybridized carbons (Fsp3) is 0. The number of furan rings is 1. The van der Waals surface area contributed by atoms with Crippen molar-refractivity contribution in [2.24, 2.45) is 0 Å². The van der Waals surface area contributed by atoms with E-state index >= 15 is 0 Å². The molecule has 11 rings (SSSR count). The van der Waals surface area contributed by atoms with Gasteiger partial charge in [0.2, 0.25) is 0 Å². The van der Waals surface area contributed by atoms with Gasteiger partial charge in [0.1, 0.15) is 17.0 Å². The maximum absolute atomic E-state index is 7.16. The third kappa shape index (κ3) is 5.80. The van der Waals surface area contributed by atoms with E-state index in [-0.39, 0.29) is 0 Å². The average Bonchev–Trinajstić information content (AvgIpc) is 3.90. The molecule has 0 aliphatic heterocycles. The van der Waals surface area contributed by atoms with Crippen LogP contribution in [0.25, 0.3) is 106 Å². The van der Waals surface area contributed by atoms with Gasteiger partial charge in [-0.25, -0.2) is 4.98 Å². The number of rotatable bonds is 7. The Morgan fingerprint density at radius 1 is 0.345 bits per heavy atom. The van der Waals surface area contributed by atoms with Gasteiger partial charge in [0.25, 0.3) is 0 Å². The molecule has 3 nitrogen and oxygen atoms in total. The van der Waals surface area contributed by atoms with Crippen LogP contribution in [0.5, 0.6) is 0 Å². The van der Waals surface area contributed by atoms with Crippen LogP contribution in [0.3, 0.4) is 0 Å². The van der Waals surface area contributed by atoms with Crippen LogP contribution in [-0.2, 0) is 0 Å². The van der Waals surface area contributed by atoms with Gasteiger partial charge in [-0.3, -0.25) is 4.57 Å². The largest absolute Gasteiger partial charge is 0.455 e. The molecule has 0 aliphatic rings. The summed E-state index contributed by atoms with van der Waals surface area (Å²) in [7, 11) is 0. The Morgan fingerprint density at radius 3 is 1.55 bits per heavy atom. The molecule has 2 heterocycles. The van der Waals surface area contributed by atoms with Crippen LogP contribution >= 0.6 is 0 Å². The third-order valence-corrected chi connectivity index (χ3v) is 11.2. The van der Waals surface area contributed by atoms with Crippen LogP contribution in [0.4, 0.5) is 0 Å². The Labute approximate surface area is 336 Å². The minimum Gasteiger partial charge on any atom is -0.455 e. The lowest BCUT2D eigenvalue weighted by Gasteiger charge is -2.13. The highest BCUT2D eigenvalue weighted by molar-refractivity contribution is 6.18. The van der Waals surface area contributed by atoms with Crippen molar-refractivity contribution in [1.82, 2.24) is 9.55 Å². The van der Waals surface area contributed by atoms with Crippen LogP contribution in [0.2, 0.25) is 0 Å². The SMILES string of the molecule is c1ccc(-c2ccc(-n3c(-c4ccc(-c5ccccc5)c5oc6c(-c7cccc(-c8cccc(-c9ccccc9)c8)c7)cccc6c45)nc4ccccc43)cc2)cc1. The number of aromatic nitrogens is 2. The maximum atomic E-state index is 7.16. The molecule has 0 aliphatic carbocycles. The molecular weight excluding hydrogens is 705 g/mol. The summed E-state index contributed by atoms with van der Waals surface area (Å²) in [5.41, 5.74) is 17.1. The molecule has 0 radical (unpaired) electrons. The second kappa shape index (κ2) is 14.1. The first-order valence-electron chi connectivity index (χ1n) is 19.7. The van der Waals surface area contributed by atoms with Gasteiger partial charge >= 0.3 is 0 Å². The van der Waals surface area contributed by atoms with Gasteiger partial charge in [-0.1, -0.05) is 170 Å². The van der Waals surface area contributed by atoms with Gasteiger partial charge < -0.3 is 4.42 Å². The van der Waals surface area contributed by atoms with Gasteiger partial charge in [0, 0.05) is 33.2 Å². The monoisotopic (exact) mass is 740 g/mol. The fourth-order valence-corrected chi connectivity index (χ4v) is 8.44. The quantitative estimate of drug-likeness (QED) is 0.163. The Balaban J connectivity index is 1.11. The summed E-state index contributed by atoms with van der Waals surface area (Å²) in [4.78, 5) is 5.35. The summed E-state index contributed by atoms with van der Waals surface area (Å²) >= 11 is 0. The number of para-hydroxylation sites is 3. The molecule has 0 atom stereocenters. The molecule has 58 heavy (non-hydrogen) atoms. The molecule has 0 spiro atoms. The lowest BCUT2D eigenvalue weighted by molar-refractivity contribution is 0.671. The molecule has 0 saturated heterocycles. The zero-order chi connectivity index (χ0) is 38.4. The van der Waals surface area contributed by atoms with Gasteiger partial charge in [0.15, 0.2) is 0 Å². The van der Waals surface area contributed by atoms with E-state index in [1.54, 1.807) is 0 Å². The zero-order valence-electron chi connectivity index (χ0n) is 31.6. The van der Waals surface area contributed by atoms with Crippen molar-refractivity contribution in [3.05, 3.63) is 218 Å². The summed E-state index contributed by atoms with van der Waals surface area (Å²) in [5.74, 6) is 0.867. The lowest BCUT2D eigenvalue weighted by Crippen LogP contribution is -1.98. The van der Waals surface area contributed by atoms with Crippen LogP contribution in [-0.4, -0.2) is 9.55 Å². The van der Waals surface area contributed by atoms with E-state index in [2.05, 4.69) is 223 Å². The van der Waals surface area contributed by atoms with Crippen molar-refractivity contribution in [3.8, 4) is 72.7 Å². The number of hydrogen-bond acceptors (Lipinski definition) is 2. The van der Waals surface area contributed by atoms with Gasteiger partial charge in [-0.2, -0.15) is 0 Å². The summed E-state index contributed by atoms with van der Waals surface area (Å²) in [6.45, 7) is 0. The van der Waals surface area contributed by atoms with E-state index in [0.29, 0.717) is 0 Å². The third-order valence-electron chi connectivity index (χ3n) is 11.2. The number of nitrogens with zero attached hydrogens (tertiary/aromatic N) is 2. The van der Waals surface area contributed by atoms with E-state index < -0.39 is 0 Å². The summed E-state index contributed by atoms with van der Waals surface area (Å²) < 4.78 is 9.44. The second-order valence-electron chi connectivity index (χ2n) is 14.7. The Kier molecular flexibility index (Phi) is 8.15. The molecule has 11 aromatic rings. The Bertz CT molecular complexity index is 3250. The van der Waals surface area contributed by atoms with E-state index in [1.165, 1.54) is 27.8 Å². The van der Waals surface area contributed by atoms with Gasteiger partial charge in [-0.05, 0) is 93.0 Å². The highest BCUT2D eigenvalue weighted by atomic mass is 16.3. The van der Waals surface area contributed by atoms with Crippen molar-refractivity contribution in [3.63, 3.8) is 0 Å². The molecule has 2 aromatic heterocycles. The zero-order valence-corrected chi connectivity index (χ0v) is 31.6. The average molecular weight is 741 g/mol. The molecule has 272 valence electrons. The topological polar surface area (TPSA) is 31.0 Å². The van der Waals surface area contributed by atoms with Gasteiger partial charge in [0.05, 0.1) is 11.0 Å². The minimum absolute atomic E-state index is 0.843.